The molecule has 88 valence electrons. The first-order valence-electron chi connectivity index (χ1n) is 6.32. The first kappa shape index (κ1) is 11.3. The lowest BCUT2D eigenvalue weighted by atomic mass is 9.79. The van der Waals surface area contributed by atoms with Crippen molar-refractivity contribution in [2.24, 2.45) is 0 Å². The van der Waals surface area contributed by atoms with Gasteiger partial charge >= 0.3 is 0 Å². The summed E-state index contributed by atoms with van der Waals surface area (Å²) in [5.41, 5.74) is 1.09. The predicted molar refractivity (Wildman–Crippen MR) is 67.8 cm³/mol. The maximum absolute atomic E-state index is 9.79. The van der Waals surface area contributed by atoms with E-state index in [0.717, 1.165) is 12.1 Å². The van der Waals surface area contributed by atoms with E-state index in [4.69, 9.17) is 0 Å². The van der Waals surface area contributed by atoms with Gasteiger partial charge in [0, 0.05) is 5.54 Å². The van der Waals surface area contributed by atoms with Gasteiger partial charge in [0.25, 0.3) is 0 Å². The molecule has 0 atom stereocenters. The van der Waals surface area contributed by atoms with Gasteiger partial charge in [-0.25, -0.2) is 0 Å². The van der Waals surface area contributed by atoms with E-state index in [0.29, 0.717) is 5.75 Å². The number of phenolic OH excluding ortho intramolecular Hbond substituents is 1. The monoisotopic (exact) mass is 219 g/mol. The van der Waals surface area contributed by atoms with E-state index in [1.165, 1.54) is 32.1 Å². The molecule has 16 heavy (non-hydrogen) atoms. The zero-order chi connectivity index (χ0) is 11.4. The molecule has 0 heterocycles. The largest absolute Gasteiger partial charge is 0.506 e. The first-order valence-corrected chi connectivity index (χ1v) is 6.32. The maximum atomic E-state index is 9.79. The quantitative estimate of drug-likeness (QED) is 0.755. The summed E-state index contributed by atoms with van der Waals surface area (Å²) < 4.78 is 0. The Bertz CT molecular complexity index is 342. The lowest BCUT2D eigenvalue weighted by molar-refractivity contribution is 0.313. The van der Waals surface area contributed by atoms with Crippen molar-refractivity contribution in [2.45, 2.75) is 51.0 Å². The molecule has 0 aromatic heterocycles. The lowest BCUT2D eigenvalue weighted by Crippen LogP contribution is -2.39. The number of aromatic hydroxyl groups is 1. The molecule has 1 aromatic rings. The molecule has 0 bridgehead atoms. The third kappa shape index (κ3) is 2.31. The molecule has 2 rings (SSSR count). The third-order valence-electron chi connectivity index (χ3n) is 3.79. The van der Waals surface area contributed by atoms with Crippen LogP contribution in [-0.4, -0.2) is 10.6 Å². The normalized spacial score (nSPS) is 19.3. The van der Waals surface area contributed by atoms with Gasteiger partial charge in [-0.2, -0.15) is 0 Å². The Hall–Kier alpha value is -1.18. The van der Waals surface area contributed by atoms with Gasteiger partial charge in [0.15, 0.2) is 0 Å². The van der Waals surface area contributed by atoms with Crippen molar-refractivity contribution < 1.29 is 5.11 Å². The van der Waals surface area contributed by atoms with Crippen molar-refractivity contribution in [3.63, 3.8) is 0 Å². The summed E-state index contributed by atoms with van der Waals surface area (Å²) in [7, 11) is 0. The lowest BCUT2D eigenvalue weighted by Gasteiger charge is -2.38. The molecule has 0 unspecified atom stereocenters. The SMILES string of the molecule is CCC1(Nc2ccccc2O)CCCCC1. The van der Waals surface area contributed by atoms with Crippen LogP contribution in [-0.2, 0) is 0 Å². The number of nitrogens with one attached hydrogen (secondary N) is 1. The van der Waals surface area contributed by atoms with Crippen LogP contribution in [0.5, 0.6) is 5.75 Å². The molecule has 2 nitrogen and oxygen atoms in total. The van der Waals surface area contributed by atoms with Crippen LogP contribution in [0.2, 0.25) is 0 Å². The van der Waals surface area contributed by atoms with E-state index in [2.05, 4.69) is 12.2 Å². The third-order valence-corrected chi connectivity index (χ3v) is 3.79. The average Bonchev–Trinajstić information content (AvgIpc) is 2.33. The minimum Gasteiger partial charge on any atom is -0.506 e. The molecule has 0 amide bonds. The maximum Gasteiger partial charge on any atom is 0.138 e. The summed E-state index contributed by atoms with van der Waals surface area (Å²) in [6.45, 7) is 2.23. The Kier molecular flexibility index (Phi) is 3.37. The summed E-state index contributed by atoms with van der Waals surface area (Å²) in [6.07, 6.45) is 7.52. The van der Waals surface area contributed by atoms with Gasteiger partial charge in [-0.1, -0.05) is 38.3 Å². The number of benzene rings is 1. The van der Waals surface area contributed by atoms with Crippen molar-refractivity contribution >= 4 is 5.69 Å². The Balaban J connectivity index is 2.15. The fourth-order valence-corrected chi connectivity index (χ4v) is 2.66. The van der Waals surface area contributed by atoms with E-state index in [-0.39, 0.29) is 5.54 Å². The van der Waals surface area contributed by atoms with Gasteiger partial charge in [0.2, 0.25) is 0 Å². The van der Waals surface area contributed by atoms with Crippen LogP contribution < -0.4 is 5.32 Å². The summed E-state index contributed by atoms with van der Waals surface area (Å²) in [5, 5.41) is 13.4. The van der Waals surface area contributed by atoms with Gasteiger partial charge in [0.05, 0.1) is 5.69 Å². The highest BCUT2D eigenvalue weighted by molar-refractivity contribution is 5.56. The molecule has 1 fully saturated rings. The fourth-order valence-electron chi connectivity index (χ4n) is 2.66. The Morgan fingerprint density at radius 3 is 2.50 bits per heavy atom. The highest BCUT2D eigenvalue weighted by atomic mass is 16.3. The summed E-state index contributed by atoms with van der Waals surface area (Å²) >= 11 is 0. The van der Waals surface area contributed by atoms with Crippen molar-refractivity contribution in [1.82, 2.24) is 0 Å². The van der Waals surface area contributed by atoms with Crippen LogP contribution >= 0.6 is 0 Å². The minimum absolute atomic E-state index is 0.205. The second-order valence-corrected chi connectivity index (χ2v) is 4.84. The second kappa shape index (κ2) is 4.77. The molecule has 0 saturated heterocycles. The average molecular weight is 219 g/mol. The van der Waals surface area contributed by atoms with Crippen LogP contribution in [0.1, 0.15) is 45.4 Å². The van der Waals surface area contributed by atoms with Gasteiger partial charge in [-0.3, -0.25) is 0 Å². The Labute approximate surface area is 97.7 Å². The Morgan fingerprint density at radius 2 is 1.88 bits per heavy atom. The van der Waals surface area contributed by atoms with E-state index in [1.54, 1.807) is 6.07 Å². The van der Waals surface area contributed by atoms with Crippen LogP contribution in [0.3, 0.4) is 0 Å². The van der Waals surface area contributed by atoms with Gasteiger partial charge < -0.3 is 10.4 Å². The number of anilines is 1. The molecule has 1 aliphatic carbocycles. The highest BCUT2D eigenvalue weighted by Crippen LogP contribution is 2.36. The van der Waals surface area contributed by atoms with Crippen molar-refractivity contribution in [3.8, 4) is 5.75 Å². The predicted octanol–water partition coefficient (Wildman–Crippen LogP) is 3.92. The van der Waals surface area contributed by atoms with Gasteiger partial charge in [-0.05, 0) is 31.4 Å². The summed E-state index contributed by atoms with van der Waals surface area (Å²) in [4.78, 5) is 0. The zero-order valence-electron chi connectivity index (χ0n) is 10.00. The molecule has 2 heteroatoms. The standard InChI is InChI=1S/C14H21NO/c1-2-14(10-6-3-7-11-14)15-12-8-4-5-9-13(12)16/h4-5,8-9,15-16H,2-3,6-7,10-11H2,1H3. The van der Waals surface area contributed by atoms with Crippen LogP contribution in [0.15, 0.2) is 24.3 Å². The minimum atomic E-state index is 0.205. The number of hydrogen-bond acceptors (Lipinski definition) is 2. The summed E-state index contributed by atoms with van der Waals surface area (Å²) in [6, 6.07) is 7.53. The molecule has 1 saturated carbocycles. The smallest absolute Gasteiger partial charge is 0.138 e. The van der Waals surface area contributed by atoms with Crippen LogP contribution in [0, 0.1) is 0 Å². The molecule has 0 spiro atoms. The van der Waals surface area contributed by atoms with Gasteiger partial charge in [0.1, 0.15) is 5.75 Å². The molecule has 1 aliphatic rings. The van der Waals surface area contributed by atoms with E-state index in [9.17, 15) is 5.11 Å². The second-order valence-electron chi connectivity index (χ2n) is 4.84. The number of hydrogen-bond donors (Lipinski definition) is 2. The molecular weight excluding hydrogens is 198 g/mol. The van der Waals surface area contributed by atoms with Crippen LogP contribution in [0.4, 0.5) is 5.69 Å². The number of para-hydroxylation sites is 2. The number of rotatable bonds is 3. The highest BCUT2D eigenvalue weighted by Gasteiger charge is 2.30. The van der Waals surface area contributed by atoms with Crippen molar-refractivity contribution in [1.29, 1.82) is 0 Å². The Morgan fingerprint density at radius 1 is 1.19 bits per heavy atom. The summed E-state index contributed by atoms with van der Waals surface area (Å²) in [5.74, 6) is 0.362. The number of phenols is 1. The van der Waals surface area contributed by atoms with E-state index < -0.39 is 0 Å². The topological polar surface area (TPSA) is 32.3 Å². The fraction of sp³-hybridized carbons (Fsp3) is 0.571. The molecule has 0 aliphatic heterocycles. The molecule has 0 radical (unpaired) electrons. The van der Waals surface area contributed by atoms with Gasteiger partial charge in [-0.15, -0.1) is 0 Å². The van der Waals surface area contributed by atoms with Crippen LogP contribution in [0.25, 0.3) is 0 Å². The van der Waals surface area contributed by atoms with Crippen molar-refractivity contribution in [3.05, 3.63) is 24.3 Å². The molecule has 1 aromatic carbocycles. The zero-order valence-corrected chi connectivity index (χ0v) is 10.00. The van der Waals surface area contributed by atoms with E-state index >= 15 is 0 Å². The molecular formula is C14H21NO. The molecule has 2 N–H and O–H groups in total. The van der Waals surface area contributed by atoms with E-state index in [1.807, 2.05) is 18.2 Å². The first-order chi connectivity index (χ1) is 7.76. The van der Waals surface area contributed by atoms with Crippen molar-refractivity contribution in [2.75, 3.05) is 5.32 Å².